The normalized spacial score (nSPS) is 13.9. The Morgan fingerprint density at radius 2 is 1.80 bits per heavy atom. The molecule has 1 N–H and O–H groups in total. The van der Waals surface area contributed by atoms with Crippen molar-refractivity contribution in [2.75, 3.05) is 25.5 Å². The number of nitrogens with one attached hydrogen (secondary N) is 1. The van der Waals surface area contributed by atoms with Crippen molar-refractivity contribution in [3.8, 4) is 0 Å². The molecule has 0 spiro atoms. The highest BCUT2D eigenvalue weighted by atomic mass is 16.2. The fourth-order valence-electron chi connectivity index (χ4n) is 2.71. The summed E-state index contributed by atoms with van der Waals surface area (Å²) in [6, 6.07) is 7.51. The lowest BCUT2D eigenvalue weighted by molar-refractivity contribution is -0.140. The van der Waals surface area contributed by atoms with Gasteiger partial charge in [-0.05, 0) is 18.1 Å². The van der Waals surface area contributed by atoms with Crippen molar-refractivity contribution in [2.24, 2.45) is 0 Å². The van der Waals surface area contributed by atoms with Crippen molar-refractivity contribution < 1.29 is 19.2 Å². The lowest BCUT2D eigenvalue weighted by atomic mass is 10.1. The van der Waals surface area contributed by atoms with Gasteiger partial charge in [-0.2, -0.15) is 0 Å². The zero-order valence-electron chi connectivity index (χ0n) is 14.6. The van der Waals surface area contributed by atoms with Crippen LogP contribution >= 0.6 is 0 Å². The molecule has 0 atom stereocenters. The third-order valence-electron chi connectivity index (χ3n) is 4.18. The number of benzene rings is 1. The van der Waals surface area contributed by atoms with Gasteiger partial charge in [-0.25, -0.2) is 0 Å². The van der Waals surface area contributed by atoms with Crippen LogP contribution < -0.4 is 5.32 Å². The van der Waals surface area contributed by atoms with Gasteiger partial charge in [0.15, 0.2) is 0 Å². The molecule has 1 saturated heterocycles. The van der Waals surface area contributed by atoms with Crippen LogP contribution in [-0.2, 0) is 25.6 Å². The van der Waals surface area contributed by atoms with Crippen molar-refractivity contribution in [1.82, 2.24) is 9.80 Å². The lowest BCUT2D eigenvalue weighted by Gasteiger charge is -2.19. The molecule has 0 saturated carbocycles. The molecule has 2 rings (SSSR count). The fourth-order valence-corrected chi connectivity index (χ4v) is 2.71. The first-order valence-corrected chi connectivity index (χ1v) is 8.37. The van der Waals surface area contributed by atoms with Crippen LogP contribution in [0.4, 0.5) is 5.69 Å². The second kappa shape index (κ2) is 8.41. The van der Waals surface area contributed by atoms with E-state index in [1.807, 2.05) is 31.2 Å². The third-order valence-corrected chi connectivity index (χ3v) is 4.18. The number of hydrogen-bond donors (Lipinski definition) is 1. The zero-order chi connectivity index (χ0) is 18.4. The topological polar surface area (TPSA) is 86.8 Å². The molecule has 0 unspecified atom stereocenters. The molecule has 7 nitrogen and oxygen atoms in total. The van der Waals surface area contributed by atoms with Gasteiger partial charge in [0.2, 0.25) is 23.6 Å². The SMILES string of the molecule is CCc1ccccc1NC(=O)CN(C)C(=O)CCN1C(=O)CCC1=O. The summed E-state index contributed by atoms with van der Waals surface area (Å²) in [5, 5.41) is 2.81. The molecule has 1 aliphatic heterocycles. The van der Waals surface area contributed by atoms with Crippen LogP contribution in [0.2, 0.25) is 0 Å². The molecule has 25 heavy (non-hydrogen) atoms. The Balaban J connectivity index is 1.83. The lowest BCUT2D eigenvalue weighted by Crippen LogP contribution is -2.38. The molecule has 134 valence electrons. The van der Waals surface area contributed by atoms with E-state index >= 15 is 0 Å². The minimum Gasteiger partial charge on any atom is -0.336 e. The molecule has 7 heteroatoms. The van der Waals surface area contributed by atoms with Crippen LogP contribution in [0.3, 0.4) is 0 Å². The number of nitrogens with zero attached hydrogens (tertiary/aromatic N) is 2. The van der Waals surface area contributed by atoms with Gasteiger partial charge in [0.25, 0.3) is 0 Å². The molecular formula is C18H23N3O4. The standard InChI is InChI=1S/C18H23N3O4/c1-3-13-6-4-5-7-14(13)19-15(22)12-20(2)16(23)10-11-21-17(24)8-9-18(21)25/h4-7H,3,8-12H2,1-2H3,(H,19,22). The summed E-state index contributed by atoms with van der Waals surface area (Å²) >= 11 is 0. The van der Waals surface area contributed by atoms with Gasteiger partial charge in [-0.1, -0.05) is 25.1 Å². The van der Waals surface area contributed by atoms with E-state index in [1.54, 1.807) is 0 Å². The molecule has 4 amide bonds. The molecule has 1 aromatic rings. The average Bonchev–Trinajstić information content (AvgIpc) is 2.91. The molecule has 0 aliphatic carbocycles. The Morgan fingerprint density at radius 3 is 2.44 bits per heavy atom. The third kappa shape index (κ3) is 4.89. The highest BCUT2D eigenvalue weighted by molar-refractivity contribution is 6.02. The zero-order valence-corrected chi connectivity index (χ0v) is 14.6. The number of anilines is 1. The predicted molar refractivity (Wildman–Crippen MR) is 92.7 cm³/mol. The van der Waals surface area contributed by atoms with Crippen LogP contribution in [0, 0.1) is 0 Å². The fraction of sp³-hybridized carbons (Fsp3) is 0.444. The van der Waals surface area contributed by atoms with Crippen molar-refractivity contribution in [2.45, 2.75) is 32.6 Å². The summed E-state index contributed by atoms with van der Waals surface area (Å²) in [6.07, 6.45) is 1.24. The second-order valence-corrected chi connectivity index (χ2v) is 6.00. The molecule has 1 aromatic carbocycles. The van der Waals surface area contributed by atoms with Crippen molar-refractivity contribution in [3.63, 3.8) is 0 Å². The Bertz CT molecular complexity index is 671. The van der Waals surface area contributed by atoms with E-state index in [0.29, 0.717) is 0 Å². The van der Waals surface area contributed by atoms with Gasteiger partial charge in [0.05, 0.1) is 6.54 Å². The van der Waals surface area contributed by atoms with E-state index < -0.39 is 0 Å². The number of carbonyl (C=O) groups is 4. The Kier molecular flexibility index (Phi) is 6.27. The number of para-hydroxylation sites is 1. The molecule has 1 aliphatic rings. The van der Waals surface area contributed by atoms with Gasteiger partial charge < -0.3 is 10.2 Å². The maximum absolute atomic E-state index is 12.1. The maximum Gasteiger partial charge on any atom is 0.243 e. The Morgan fingerprint density at radius 1 is 1.16 bits per heavy atom. The summed E-state index contributed by atoms with van der Waals surface area (Å²) in [5.41, 5.74) is 1.76. The van der Waals surface area contributed by atoms with E-state index in [-0.39, 0.29) is 56.0 Å². The van der Waals surface area contributed by atoms with Crippen LogP contribution in [0.15, 0.2) is 24.3 Å². The van der Waals surface area contributed by atoms with Gasteiger partial charge in [0.1, 0.15) is 0 Å². The number of hydrogen-bond acceptors (Lipinski definition) is 4. The summed E-state index contributed by atoms with van der Waals surface area (Å²) < 4.78 is 0. The highest BCUT2D eigenvalue weighted by Gasteiger charge is 2.29. The molecule has 0 aromatic heterocycles. The van der Waals surface area contributed by atoms with Crippen LogP contribution in [-0.4, -0.2) is 53.6 Å². The predicted octanol–water partition coefficient (Wildman–Crippen LogP) is 1.18. The number of likely N-dealkylation sites (tertiary alicyclic amines) is 1. The Hall–Kier alpha value is -2.70. The first-order chi connectivity index (χ1) is 11.9. The van der Waals surface area contributed by atoms with E-state index in [2.05, 4.69) is 5.32 Å². The van der Waals surface area contributed by atoms with E-state index in [9.17, 15) is 19.2 Å². The average molecular weight is 345 g/mol. The number of rotatable bonds is 7. The van der Waals surface area contributed by atoms with Crippen LogP contribution in [0.5, 0.6) is 0 Å². The monoisotopic (exact) mass is 345 g/mol. The highest BCUT2D eigenvalue weighted by Crippen LogP contribution is 2.15. The van der Waals surface area contributed by atoms with Gasteiger partial charge in [-0.15, -0.1) is 0 Å². The van der Waals surface area contributed by atoms with Crippen molar-refractivity contribution >= 4 is 29.3 Å². The second-order valence-electron chi connectivity index (χ2n) is 6.00. The molecular weight excluding hydrogens is 322 g/mol. The number of carbonyl (C=O) groups excluding carboxylic acids is 4. The number of amides is 4. The van der Waals surface area contributed by atoms with E-state index in [1.165, 1.54) is 11.9 Å². The summed E-state index contributed by atoms with van der Waals surface area (Å²) in [5.74, 6) is -1.06. The van der Waals surface area contributed by atoms with E-state index in [0.717, 1.165) is 22.6 Å². The Labute approximate surface area is 147 Å². The van der Waals surface area contributed by atoms with Crippen LogP contribution in [0.25, 0.3) is 0 Å². The molecule has 0 bridgehead atoms. The van der Waals surface area contributed by atoms with E-state index in [4.69, 9.17) is 0 Å². The molecule has 0 radical (unpaired) electrons. The van der Waals surface area contributed by atoms with Gasteiger partial charge in [0, 0.05) is 38.5 Å². The number of imide groups is 1. The maximum atomic E-state index is 12.1. The van der Waals surface area contributed by atoms with Gasteiger partial charge in [-0.3, -0.25) is 24.1 Å². The van der Waals surface area contributed by atoms with Crippen LogP contribution in [0.1, 0.15) is 31.7 Å². The minimum absolute atomic E-state index is 0.0206. The summed E-state index contributed by atoms with van der Waals surface area (Å²) in [6.45, 7) is 1.99. The van der Waals surface area contributed by atoms with Crippen molar-refractivity contribution in [3.05, 3.63) is 29.8 Å². The molecule has 1 fully saturated rings. The first kappa shape index (κ1) is 18.6. The van der Waals surface area contributed by atoms with Crippen molar-refractivity contribution in [1.29, 1.82) is 0 Å². The first-order valence-electron chi connectivity index (χ1n) is 8.37. The summed E-state index contributed by atoms with van der Waals surface area (Å²) in [4.78, 5) is 49.7. The van der Waals surface area contributed by atoms with Gasteiger partial charge >= 0.3 is 0 Å². The quantitative estimate of drug-likeness (QED) is 0.752. The smallest absolute Gasteiger partial charge is 0.243 e. The number of likely N-dealkylation sites (N-methyl/N-ethyl adjacent to an activating group) is 1. The largest absolute Gasteiger partial charge is 0.336 e. The number of aryl methyl sites for hydroxylation is 1. The minimum atomic E-state index is -0.287. The summed E-state index contributed by atoms with van der Waals surface area (Å²) in [7, 11) is 1.53. The molecule has 1 heterocycles.